The third kappa shape index (κ3) is 5.56. The molecule has 1 amide bonds. The molecule has 0 heterocycles. The lowest BCUT2D eigenvalue weighted by Crippen LogP contribution is -2.34. The van der Waals surface area contributed by atoms with Gasteiger partial charge in [-0.1, -0.05) is 36.4 Å². The lowest BCUT2D eigenvalue weighted by Gasteiger charge is -2.16. The molecule has 2 rings (SSSR count). The minimum atomic E-state index is -4.70. The highest BCUT2D eigenvalue weighted by Gasteiger charge is 2.33. The van der Waals surface area contributed by atoms with Crippen LogP contribution in [0.1, 0.15) is 23.6 Å². The van der Waals surface area contributed by atoms with Gasteiger partial charge in [-0.15, -0.1) is 0 Å². The van der Waals surface area contributed by atoms with Crippen LogP contribution in [0.15, 0.2) is 48.5 Å². The predicted octanol–water partition coefficient (Wildman–Crippen LogP) is 4.07. The van der Waals surface area contributed by atoms with Crippen LogP contribution in [0.2, 0.25) is 0 Å². The Hall–Kier alpha value is -2.41. The van der Waals surface area contributed by atoms with E-state index in [0.29, 0.717) is 6.07 Å². The monoisotopic (exact) mass is 355 g/mol. The first-order valence-electron chi connectivity index (χ1n) is 7.56. The maximum absolute atomic E-state index is 13.1. The van der Waals surface area contributed by atoms with Gasteiger partial charge in [0, 0.05) is 6.54 Å². The second kappa shape index (κ2) is 8.11. The normalized spacial score (nSPS) is 12.7. The fourth-order valence-corrected chi connectivity index (χ4v) is 2.16. The first-order chi connectivity index (χ1) is 11.8. The van der Waals surface area contributed by atoms with E-state index in [-0.39, 0.29) is 18.7 Å². The van der Waals surface area contributed by atoms with Crippen molar-refractivity contribution in [3.8, 4) is 0 Å². The lowest BCUT2D eigenvalue weighted by atomic mass is 10.1. The van der Waals surface area contributed by atoms with E-state index < -0.39 is 29.6 Å². The third-order valence-electron chi connectivity index (χ3n) is 3.54. The molecule has 3 nitrogen and oxygen atoms in total. The molecule has 1 atom stereocenters. The van der Waals surface area contributed by atoms with Gasteiger partial charge in [-0.3, -0.25) is 4.79 Å². The number of ether oxygens (including phenoxy) is 1. The Labute approximate surface area is 142 Å². The van der Waals surface area contributed by atoms with Crippen molar-refractivity contribution in [1.29, 1.82) is 0 Å². The molecule has 0 spiro atoms. The first-order valence-corrected chi connectivity index (χ1v) is 7.56. The van der Waals surface area contributed by atoms with Gasteiger partial charge in [0.25, 0.3) is 0 Å². The van der Waals surface area contributed by atoms with E-state index in [1.807, 2.05) is 30.3 Å². The summed E-state index contributed by atoms with van der Waals surface area (Å²) in [6, 6.07) is 11.5. The summed E-state index contributed by atoms with van der Waals surface area (Å²) < 4.78 is 57.2. The average molecular weight is 355 g/mol. The van der Waals surface area contributed by atoms with Crippen LogP contribution in [0.5, 0.6) is 0 Å². The Balaban J connectivity index is 1.93. The fraction of sp³-hybridized carbons (Fsp3) is 0.278. The molecule has 0 aromatic heterocycles. The number of hydrogen-bond donors (Lipinski definition) is 1. The van der Waals surface area contributed by atoms with Gasteiger partial charge in [0.1, 0.15) is 11.9 Å². The van der Waals surface area contributed by atoms with Crippen LogP contribution in [0, 0.1) is 5.82 Å². The Morgan fingerprint density at radius 3 is 2.48 bits per heavy atom. The van der Waals surface area contributed by atoms with Crippen molar-refractivity contribution in [1.82, 2.24) is 5.32 Å². The highest BCUT2D eigenvalue weighted by Crippen LogP contribution is 2.32. The minimum absolute atomic E-state index is 0.208. The van der Waals surface area contributed by atoms with Crippen LogP contribution < -0.4 is 5.32 Å². The Morgan fingerprint density at radius 1 is 1.16 bits per heavy atom. The summed E-state index contributed by atoms with van der Waals surface area (Å²) >= 11 is 0. The van der Waals surface area contributed by atoms with Crippen LogP contribution in [0.3, 0.4) is 0 Å². The molecule has 0 saturated heterocycles. The number of hydrogen-bond acceptors (Lipinski definition) is 2. The summed E-state index contributed by atoms with van der Waals surface area (Å²) in [6.45, 7) is 1.35. The molecule has 134 valence electrons. The van der Waals surface area contributed by atoms with E-state index in [0.717, 1.165) is 17.7 Å². The molecule has 0 aliphatic carbocycles. The number of rotatable bonds is 6. The van der Waals surface area contributed by atoms with Gasteiger partial charge in [-0.05, 0) is 30.2 Å². The molecule has 25 heavy (non-hydrogen) atoms. The molecule has 1 unspecified atom stereocenters. The first kappa shape index (κ1) is 18.9. The second-order valence-corrected chi connectivity index (χ2v) is 5.46. The number of alkyl halides is 3. The number of carbonyl (C=O) groups excluding carboxylic acids is 1. The van der Waals surface area contributed by atoms with Gasteiger partial charge in [-0.25, -0.2) is 4.39 Å². The smallest absolute Gasteiger partial charge is 0.364 e. The van der Waals surface area contributed by atoms with Gasteiger partial charge in [0.2, 0.25) is 5.91 Å². The molecular weight excluding hydrogens is 338 g/mol. The topological polar surface area (TPSA) is 38.3 Å². The SMILES string of the molecule is CC(OCc1ccccc1)C(=O)NCc1ccc(F)cc1C(F)(F)F. The van der Waals surface area contributed by atoms with Gasteiger partial charge in [-0.2, -0.15) is 13.2 Å². The van der Waals surface area contributed by atoms with E-state index in [9.17, 15) is 22.4 Å². The predicted molar refractivity (Wildman–Crippen MR) is 83.9 cm³/mol. The highest BCUT2D eigenvalue weighted by atomic mass is 19.4. The van der Waals surface area contributed by atoms with Crippen molar-refractivity contribution >= 4 is 5.91 Å². The van der Waals surface area contributed by atoms with Crippen molar-refractivity contribution in [2.24, 2.45) is 0 Å². The maximum Gasteiger partial charge on any atom is 0.416 e. The van der Waals surface area contributed by atoms with Crippen LogP contribution in [0.25, 0.3) is 0 Å². The number of halogens is 4. The Morgan fingerprint density at radius 2 is 1.84 bits per heavy atom. The van der Waals surface area contributed by atoms with E-state index in [2.05, 4.69) is 5.32 Å². The minimum Gasteiger partial charge on any atom is -0.364 e. The zero-order chi connectivity index (χ0) is 18.4. The van der Waals surface area contributed by atoms with E-state index >= 15 is 0 Å². The third-order valence-corrected chi connectivity index (χ3v) is 3.54. The van der Waals surface area contributed by atoms with Crippen molar-refractivity contribution in [2.45, 2.75) is 32.4 Å². The Kier molecular flexibility index (Phi) is 6.14. The van der Waals surface area contributed by atoms with Gasteiger partial charge >= 0.3 is 6.18 Å². The molecule has 2 aromatic rings. The summed E-state index contributed by atoms with van der Waals surface area (Å²) in [5.74, 6) is -1.53. The number of nitrogens with one attached hydrogen (secondary N) is 1. The van der Waals surface area contributed by atoms with Crippen LogP contribution in [-0.2, 0) is 28.9 Å². The highest BCUT2D eigenvalue weighted by molar-refractivity contribution is 5.80. The zero-order valence-corrected chi connectivity index (χ0v) is 13.4. The van der Waals surface area contributed by atoms with Crippen molar-refractivity contribution in [2.75, 3.05) is 0 Å². The lowest BCUT2D eigenvalue weighted by molar-refractivity contribution is -0.139. The standard InChI is InChI=1S/C18H17F4NO2/c1-12(25-11-13-5-3-2-4-6-13)17(24)23-10-14-7-8-15(19)9-16(14)18(20,21)22/h2-9,12H,10-11H2,1H3,(H,23,24). The summed E-state index contributed by atoms with van der Waals surface area (Å²) in [4.78, 5) is 12.0. The molecule has 7 heteroatoms. The Bertz CT molecular complexity index is 717. The van der Waals surface area contributed by atoms with Crippen LogP contribution in [0.4, 0.5) is 17.6 Å². The van der Waals surface area contributed by atoms with Crippen LogP contribution in [-0.4, -0.2) is 12.0 Å². The zero-order valence-electron chi connectivity index (χ0n) is 13.4. The summed E-state index contributed by atoms with van der Waals surface area (Å²) in [7, 11) is 0. The van der Waals surface area contributed by atoms with Gasteiger partial charge in [0.15, 0.2) is 0 Å². The molecule has 0 fully saturated rings. The van der Waals surface area contributed by atoms with E-state index in [1.54, 1.807) is 0 Å². The largest absolute Gasteiger partial charge is 0.416 e. The van der Waals surface area contributed by atoms with Crippen molar-refractivity contribution in [3.63, 3.8) is 0 Å². The summed E-state index contributed by atoms with van der Waals surface area (Å²) in [5.41, 5.74) is -0.441. The molecular formula is C18H17F4NO2. The maximum atomic E-state index is 13.1. The fourth-order valence-electron chi connectivity index (χ4n) is 2.16. The number of benzene rings is 2. The number of carbonyl (C=O) groups is 1. The summed E-state index contributed by atoms with van der Waals surface area (Å²) in [5, 5.41) is 2.38. The van der Waals surface area contributed by atoms with Crippen molar-refractivity contribution < 1.29 is 27.1 Å². The van der Waals surface area contributed by atoms with Crippen molar-refractivity contribution in [3.05, 3.63) is 71.0 Å². The quantitative estimate of drug-likeness (QED) is 0.794. The van der Waals surface area contributed by atoms with Gasteiger partial charge < -0.3 is 10.1 Å². The molecule has 0 radical (unpaired) electrons. The van der Waals surface area contributed by atoms with E-state index in [1.165, 1.54) is 6.92 Å². The van der Waals surface area contributed by atoms with Crippen LogP contribution >= 0.6 is 0 Å². The van der Waals surface area contributed by atoms with Gasteiger partial charge in [0.05, 0.1) is 12.2 Å². The average Bonchev–Trinajstić information content (AvgIpc) is 2.58. The van der Waals surface area contributed by atoms with E-state index in [4.69, 9.17) is 4.74 Å². The molecule has 1 N–H and O–H groups in total. The molecule has 0 bridgehead atoms. The molecule has 0 saturated carbocycles. The summed E-state index contributed by atoms with van der Waals surface area (Å²) in [6.07, 6.45) is -5.53. The number of amides is 1. The second-order valence-electron chi connectivity index (χ2n) is 5.46. The molecule has 0 aliphatic rings. The molecule has 0 aliphatic heterocycles. The molecule has 2 aromatic carbocycles.